The fourth-order valence-electron chi connectivity index (χ4n) is 3.51. The predicted molar refractivity (Wildman–Crippen MR) is 109 cm³/mol. The molecule has 0 aliphatic carbocycles. The van der Waals surface area contributed by atoms with Crippen molar-refractivity contribution < 1.29 is 0 Å². The predicted octanol–water partition coefficient (Wildman–Crippen LogP) is 2.56. The van der Waals surface area contributed by atoms with Gasteiger partial charge in [-0.15, -0.1) is 0 Å². The summed E-state index contributed by atoms with van der Waals surface area (Å²) in [6.45, 7) is 6.22. The van der Waals surface area contributed by atoms with E-state index in [4.69, 9.17) is 23.2 Å². The number of hydrogen-bond donors (Lipinski definition) is 3. The van der Waals surface area contributed by atoms with Gasteiger partial charge in [-0.05, 0) is 24.6 Å². The molecule has 2 aliphatic rings. The lowest BCUT2D eigenvalue weighted by atomic mass is 10.1. The summed E-state index contributed by atoms with van der Waals surface area (Å²) < 4.78 is 0. The van der Waals surface area contributed by atoms with Crippen molar-refractivity contribution in [2.75, 3.05) is 26.2 Å². The average molecular weight is 405 g/mol. The largest absolute Gasteiger partial charge is 0.384 e. The molecule has 6 nitrogen and oxygen atoms in total. The highest BCUT2D eigenvalue weighted by atomic mass is 35.5. The number of rotatable bonds is 4. The Morgan fingerprint density at radius 3 is 2.78 bits per heavy atom. The summed E-state index contributed by atoms with van der Waals surface area (Å²) in [6.07, 6.45) is 5.35. The molecule has 2 aromatic rings. The van der Waals surface area contributed by atoms with Crippen LogP contribution in [0.4, 0.5) is 0 Å². The molecule has 4 rings (SSSR count). The Kier molecular flexibility index (Phi) is 5.38. The molecule has 1 atom stereocenters. The van der Waals surface area contributed by atoms with Gasteiger partial charge in [0.2, 0.25) is 0 Å². The number of nitrogens with one attached hydrogen (secondary N) is 3. The molecule has 0 spiro atoms. The van der Waals surface area contributed by atoms with Gasteiger partial charge in [0.1, 0.15) is 0 Å². The lowest BCUT2D eigenvalue weighted by molar-refractivity contribution is 0.255. The van der Waals surface area contributed by atoms with Crippen molar-refractivity contribution in [3.05, 3.63) is 57.7 Å². The summed E-state index contributed by atoms with van der Waals surface area (Å²) in [5, 5.41) is 11.7. The Morgan fingerprint density at radius 1 is 1.22 bits per heavy atom. The molecule has 1 fully saturated rings. The lowest BCUT2D eigenvalue weighted by Gasteiger charge is -2.38. The first-order valence-corrected chi connectivity index (χ1v) is 9.81. The molecule has 8 heteroatoms. The maximum Gasteiger partial charge on any atom is 0.0901 e. The summed E-state index contributed by atoms with van der Waals surface area (Å²) >= 11 is 13.0. The van der Waals surface area contributed by atoms with E-state index in [2.05, 4.69) is 37.7 Å². The van der Waals surface area contributed by atoms with Crippen molar-refractivity contribution >= 4 is 34.2 Å². The number of dihydropyridines is 1. The topological polar surface area (TPSA) is 65.1 Å². The van der Waals surface area contributed by atoms with Gasteiger partial charge < -0.3 is 20.9 Å². The summed E-state index contributed by atoms with van der Waals surface area (Å²) in [5.41, 5.74) is 4.65. The zero-order valence-corrected chi connectivity index (χ0v) is 16.6. The monoisotopic (exact) mass is 404 g/mol. The Balaban J connectivity index is 1.54. The van der Waals surface area contributed by atoms with Crippen molar-refractivity contribution in [3.8, 4) is 0 Å². The molecule has 1 aromatic heterocycles. The van der Waals surface area contributed by atoms with Gasteiger partial charge in [-0.2, -0.15) is 0 Å². The summed E-state index contributed by atoms with van der Waals surface area (Å²) in [4.78, 5) is 11.0. The highest BCUT2D eigenvalue weighted by Gasteiger charge is 2.25. The molecule has 3 heterocycles. The second kappa shape index (κ2) is 7.92. The fraction of sp³-hybridized carbons (Fsp3) is 0.368. The molecule has 0 saturated carbocycles. The zero-order valence-electron chi connectivity index (χ0n) is 15.1. The fourth-order valence-corrected chi connectivity index (χ4v) is 4.03. The van der Waals surface area contributed by atoms with Crippen LogP contribution in [0.25, 0.3) is 11.0 Å². The second-order valence-electron chi connectivity index (χ2n) is 6.84. The number of hydrogen-bond acceptors (Lipinski definition) is 6. The van der Waals surface area contributed by atoms with E-state index in [9.17, 15) is 0 Å². The third-order valence-electron chi connectivity index (χ3n) is 4.81. The second-order valence-corrected chi connectivity index (χ2v) is 7.70. The number of halogens is 2. The number of aromatic nitrogens is 2. The Hall–Kier alpha value is -2.02. The SMILES string of the molecule is CC1CN(C2=C(Cl)CNC=C2NCc2cc3nccnc3cc2Cl)CCN1. The van der Waals surface area contributed by atoms with Crippen molar-refractivity contribution in [1.82, 2.24) is 30.8 Å². The first kappa shape index (κ1) is 18.3. The van der Waals surface area contributed by atoms with E-state index in [0.29, 0.717) is 24.2 Å². The molecule has 2 aliphatic heterocycles. The van der Waals surface area contributed by atoms with Gasteiger partial charge in [-0.25, -0.2) is 0 Å². The number of benzene rings is 1. The lowest BCUT2D eigenvalue weighted by Crippen LogP contribution is -2.50. The minimum Gasteiger partial charge on any atom is -0.384 e. The molecule has 3 N–H and O–H groups in total. The zero-order chi connectivity index (χ0) is 18.8. The van der Waals surface area contributed by atoms with Crippen molar-refractivity contribution in [3.63, 3.8) is 0 Å². The van der Waals surface area contributed by atoms with Crippen LogP contribution < -0.4 is 16.0 Å². The van der Waals surface area contributed by atoms with E-state index in [-0.39, 0.29) is 0 Å². The summed E-state index contributed by atoms with van der Waals surface area (Å²) in [6, 6.07) is 4.27. The third kappa shape index (κ3) is 3.98. The van der Waals surface area contributed by atoms with Crippen molar-refractivity contribution in [1.29, 1.82) is 0 Å². The molecule has 142 valence electrons. The molecule has 1 aromatic carbocycles. The van der Waals surface area contributed by atoms with Crippen molar-refractivity contribution in [2.45, 2.75) is 19.5 Å². The van der Waals surface area contributed by atoms with Crippen LogP contribution in [0, 0.1) is 0 Å². The van der Waals surface area contributed by atoms with Gasteiger partial charge in [0, 0.05) is 55.8 Å². The van der Waals surface area contributed by atoms with Crippen LogP contribution in [0.15, 0.2) is 47.2 Å². The van der Waals surface area contributed by atoms with Crippen LogP contribution in [0.5, 0.6) is 0 Å². The Bertz CT molecular complexity index is 910. The Labute approximate surface area is 168 Å². The molecule has 0 amide bonds. The number of nitrogens with zero attached hydrogens (tertiary/aromatic N) is 3. The highest BCUT2D eigenvalue weighted by Crippen LogP contribution is 2.26. The molecular formula is C19H22Cl2N6. The standard InChI is InChI=1S/C19H22Cl2N6/c1-12-11-27(5-4-23-12)19-15(21)9-22-10-18(19)26-8-13-6-16-17(7-14(13)20)25-3-2-24-16/h2-3,6-7,10,12,22-23,26H,4-5,8-9,11H2,1H3. The van der Waals surface area contributed by atoms with E-state index >= 15 is 0 Å². The van der Waals surface area contributed by atoms with Gasteiger partial charge in [0.15, 0.2) is 0 Å². The molecule has 1 saturated heterocycles. The quantitative estimate of drug-likeness (QED) is 0.727. The van der Waals surface area contributed by atoms with Crippen LogP contribution in [0.3, 0.4) is 0 Å². The van der Waals surface area contributed by atoms with E-state index in [1.165, 1.54) is 0 Å². The number of piperazine rings is 1. The van der Waals surface area contributed by atoms with Crippen LogP contribution >= 0.6 is 23.2 Å². The minimum atomic E-state index is 0.431. The normalized spacial score (nSPS) is 20.5. The first-order chi connectivity index (χ1) is 13.1. The van der Waals surface area contributed by atoms with Gasteiger partial charge >= 0.3 is 0 Å². The molecule has 1 unspecified atom stereocenters. The van der Waals surface area contributed by atoms with Crippen LogP contribution in [0.2, 0.25) is 5.02 Å². The minimum absolute atomic E-state index is 0.431. The van der Waals surface area contributed by atoms with E-state index in [0.717, 1.165) is 52.7 Å². The smallest absolute Gasteiger partial charge is 0.0901 e. The molecular weight excluding hydrogens is 383 g/mol. The maximum atomic E-state index is 6.58. The first-order valence-electron chi connectivity index (χ1n) is 9.06. The van der Waals surface area contributed by atoms with Gasteiger partial charge in [0.25, 0.3) is 0 Å². The van der Waals surface area contributed by atoms with Gasteiger partial charge in [-0.3, -0.25) is 9.97 Å². The number of fused-ring (bicyclic) bond motifs is 1. The van der Waals surface area contributed by atoms with Crippen LogP contribution in [-0.4, -0.2) is 47.1 Å². The molecule has 0 radical (unpaired) electrons. The summed E-state index contributed by atoms with van der Waals surface area (Å²) in [5.74, 6) is 0. The highest BCUT2D eigenvalue weighted by molar-refractivity contribution is 6.32. The third-order valence-corrected chi connectivity index (χ3v) is 5.47. The van der Waals surface area contributed by atoms with Gasteiger partial charge in [0.05, 0.1) is 34.0 Å². The average Bonchev–Trinajstić information content (AvgIpc) is 2.66. The summed E-state index contributed by atoms with van der Waals surface area (Å²) in [7, 11) is 0. The van der Waals surface area contributed by atoms with E-state index < -0.39 is 0 Å². The van der Waals surface area contributed by atoms with Crippen LogP contribution in [-0.2, 0) is 6.54 Å². The van der Waals surface area contributed by atoms with E-state index in [1.807, 2.05) is 18.3 Å². The molecule has 27 heavy (non-hydrogen) atoms. The van der Waals surface area contributed by atoms with E-state index in [1.54, 1.807) is 12.4 Å². The van der Waals surface area contributed by atoms with Crippen molar-refractivity contribution in [2.24, 2.45) is 0 Å². The maximum absolute atomic E-state index is 6.58. The van der Waals surface area contributed by atoms with Crippen LogP contribution in [0.1, 0.15) is 12.5 Å². The van der Waals surface area contributed by atoms with Gasteiger partial charge in [-0.1, -0.05) is 23.2 Å². The Morgan fingerprint density at radius 2 is 2.00 bits per heavy atom. The molecule has 0 bridgehead atoms.